The van der Waals surface area contributed by atoms with Crippen molar-refractivity contribution >= 4 is 17.7 Å². The Morgan fingerprint density at radius 3 is 2.61 bits per heavy atom. The van der Waals surface area contributed by atoms with Crippen molar-refractivity contribution < 1.29 is 9.90 Å². The molecule has 18 heavy (non-hydrogen) atoms. The number of carbonyl (C=O) groups is 1. The normalized spacial score (nSPS) is 11.2. The summed E-state index contributed by atoms with van der Waals surface area (Å²) < 4.78 is 0. The van der Waals surface area contributed by atoms with Crippen molar-refractivity contribution in [2.24, 2.45) is 5.92 Å². The molecule has 0 spiro atoms. The van der Waals surface area contributed by atoms with E-state index in [4.69, 9.17) is 5.11 Å². The quantitative estimate of drug-likeness (QED) is 0.812. The fourth-order valence-electron chi connectivity index (χ4n) is 2.02. The minimum atomic E-state index is -0.923. The Morgan fingerprint density at radius 2 is 2.11 bits per heavy atom. The number of nitrogens with zero attached hydrogens (tertiary/aromatic N) is 1. The van der Waals surface area contributed by atoms with Crippen LogP contribution in [0, 0.1) is 12.8 Å². The van der Waals surface area contributed by atoms with Gasteiger partial charge in [0, 0.05) is 25.4 Å². The van der Waals surface area contributed by atoms with E-state index >= 15 is 0 Å². The van der Waals surface area contributed by atoms with E-state index in [9.17, 15) is 4.79 Å². The van der Waals surface area contributed by atoms with Crippen LogP contribution in [0.25, 0.3) is 6.08 Å². The van der Waals surface area contributed by atoms with Gasteiger partial charge in [-0.3, -0.25) is 0 Å². The number of benzene rings is 1. The first kappa shape index (κ1) is 14.3. The lowest BCUT2D eigenvalue weighted by molar-refractivity contribution is -0.131. The Hall–Kier alpha value is -1.77. The molecule has 1 aromatic carbocycles. The molecule has 0 aliphatic rings. The lowest BCUT2D eigenvalue weighted by Gasteiger charge is -2.23. The predicted octanol–water partition coefficient (Wildman–Crippen LogP) is 3.19. The minimum Gasteiger partial charge on any atom is -0.478 e. The number of anilines is 1. The van der Waals surface area contributed by atoms with E-state index in [0.717, 1.165) is 23.7 Å². The first-order valence-electron chi connectivity index (χ1n) is 6.13. The van der Waals surface area contributed by atoms with Gasteiger partial charge in [-0.05, 0) is 42.2 Å². The Morgan fingerprint density at radius 1 is 1.44 bits per heavy atom. The maximum absolute atomic E-state index is 10.5. The van der Waals surface area contributed by atoms with Crippen molar-refractivity contribution in [3.05, 3.63) is 35.4 Å². The zero-order valence-corrected chi connectivity index (χ0v) is 11.5. The number of aliphatic carboxylic acids is 1. The zero-order valence-electron chi connectivity index (χ0n) is 11.5. The summed E-state index contributed by atoms with van der Waals surface area (Å²) in [7, 11) is 2.08. The summed E-state index contributed by atoms with van der Waals surface area (Å²) in [6.07, 6.45) is 2.77. The van der Waals surface area contributed by atoms with Crippen LogP contribution in [0.3, 0.4) is 0 Å². The van der Waals surface area contributed by atoms with E-state index in [2.05, 4.69) is 25.8 Å². The Labute approximate surface area is 109 Å². The molecule has 0 aromatic heterocycles. The standard InChI is InChI=1S/C15H21NO2/c1-11(2)10-16(4)14-7-5-13(9-12(14)3)6-8-15(17)18/h5-9,11H,10H2,1-4H3,(H,17,18)/b8-6+. The molecular weight excluding hydrogens is 226 g/mol. The third-order valence-corrected chi connectivity index (χ3v) is 2.69. The summed E-state index contributed by atoms with van der Waals surface area (Å²) in [6.45, 7) is 7.43. The molecule has 0 aliphatic heterocycles. The van der Waals surface area contributed by atoms with Crippen molar-refractivity contribution in [1.29, 1.82) is 0 Å². The van der Waals surface area contributed by atoms with Crippen molar-refractivity contribution in [1.82, 2.24) is 0 Å². The van der Waals surface area contributed by atoms with Crippen LogP contribution in [0.1, 0.15) is 25.0 Å². The second-order valence-corrected chi connectivity index (χ2v) is 4.99. The van der Waals surface area contributed by atoms with Crippen LogP contribution in [0.2, 0.25) is 0 Å². The summed E-state index contributed by atoms with van der Waals surface area (Å²) in [4.78, 5) is 12.7. The average molecular weight is 247 g/mol. The van der Waals surface area contributed by atoms with Crippen LogP contribution in [-0.2, 0) is 4.79 Å². The van der Waals surface area contributed by atoms with E-state index in [0.29, 0.717) is 5.92 Å². The molecule has 0 radical (unpaired) electrons. The molecule has 0 saturated carbocycles. The molecule has 3 nitrogen and oxygen atoms in total. The number of carboxylic acid groups (broad SMARTS) is 1. The summed E-state index contributed by atoms with van der Waals surface area (Å²) in [6, 6.07) is 5.99. The lowest BCUT2D eigenvalue weighted by Crippen LogP contribution is -2.23. The summed E-state index contributed by atoms with van der Waals surface area (Å²) in [5.41, 5.74) is 3.26. The Kier molecular flexibility index (Phi) is 4.95. The zero-order chi connectivity index (χ0) is 13.7. The monoisotopic (exact) mass is 247 g/mol. The van der Waals surface area contributed by atoms with Crippen molar-refractivity contribution in [3.8, 4) is 0 Å². The molecule has 1 aromatic rings. The van der Waals surface area contributed by atoms with Gasteiger partial charge in [0.25, 0.3) is 0 Å². The molecule has 0 amide bonds. The van der Waals surface area contributed by atoms with Crippen LogP contribution < -0.4 is 4.90 Å². The van der Waals surface area contributed by atoms with Gasteiger partial charge in [-0.1, -0.05) is 19.9 Å². The molecular formula is C15H21NO2. The fraction of sp³-hybridized carbons (Fsp3) is 0.400. The second kappa shape index (κ2) is 6.24. The molecule has 98 valence electrons. The van der Waals surface area contributed by atoms with Crippen LogP contribution >= 0.6 is 0 Å². The van der Waals surface area contributed by atoms with Crippen molar-refractivity contribution in [2.45, 2.75) is 20.8 Å². The number of carboxylic acids is 1. The van der Waals surface area contributed by atoms with Gasteiger partial charge < -0.3 is 10.0 Å². The average Bonchev–Trinajstić information content (AvgIpc) is 2.25. The van der Waals surface area contributed by atoms with E-state index in [1.165, 1.54) is 5.69 Å². The van der Waals surface area contributed by atoms with Gasteiger partial charge in [-0.2, -0.15) is 0 Å². The van der Waals surface area contributed by atoms with Crippen LogP contribution in [-0.4, -0.2) is 24.7 Å². The van der Waals surface area contributed by atoms with E-state index in [-0.39, 0.29) is 0 Å². The number of hydrogen-bond donors (Lipinski definition) is 1. The molecule has 0 fully saturated rings. The van der Waals surface area contributed by atoms with Gasteiger partial charge in [-0.15, -0.1) is 0 Å². The van der Waals surface area contributed by atoms with Crippen LogP contribution in [0.5, 0.6) is 0 Å². The van der Waals surface area contributed by atoms with Gasteiger partial charge >= 0.3 is 5.97 Å². The van der Waals surface area contributed by atoms with Gasteiger partial charge in [0.2, 0.25) is 0 Å². The first-order chi connectivity index (χ1) is 8.40. The minimum absolute atomic E-state index is 0.612. The van der Waals surface area contributed by atoms with Crippen molar-refractivity contribution in [3.63, 3.8) is 0 Å². The van der Waals surface area contributed by atoms with E-state index in [1.54, 1.807) is 6.08 Å². The number of rotatable bonds is 5. The highest BCUT2D eigenvalue weighted by Crippen LogP contribution is 2.21. The molecule has 1 rings (SSSR count). The van der Waals surface area contributed by atoms with E-state index < -0.39 is 5.97 Å². The topological polar surface area (TPSA) is 40.5 Å². The maximum atomic E-state index is 10.5. The molecule has 0 heterocycles. The molecule has 0 saturated heterocycles. The Balaban J connectivity index is 2.89. The largest absolute Gasteiger partial charge is 0.478 e. The van der Waals surface area contributed by atoms with E-state index in [1.807, 2.05) is 25.1 Å². The SMILES string of the molecule is Cc1cc(/C=C/C(=O)O)ccc1N(C)CC(C)C. The van der Waals surface area contributed by atoms with Crippen molar-refractivity contribution in [2.75, 3.05) is 18.5 Å². The molecule has 0 bridgehead atoms. The van der Waals surface area contributed by atoms with Gasteiger partial charge in [-0.25, -0.2) is 4.79 Å². The molecule has 1 N–H and O–H groups in total. The molecule has 0 atom stereocenters. The predicted molar refractivity (Wildman–Crippen MR) is 76.0 cm³/mol. The van der Waals surface area contributed by atoms with Crippen LogP contribution in [0.4, 0.5) is 5.69 Å². The highest BCUT2D eigenvalue weighted by atomic mass is 16.4. The summed E-state index contributed by atoms with van der Waals surface area (Å²) in [5, 5.41) is 8.59. The highest BCUT2D eigenvalue weighted by molar-refractivity contribution is 5.85. The van der Waals surface area contributed by atoms with Gasteiger partial charge in [0.1, 0.15) is 0 Å². The summed E-state index contributed by atoms with van der Waals surface area (Å²) in [5.74, 6) is -0.311. The third kappa shape index (κ3) is 4.24. The van der Waals surface area contributed by atoms with Gasteiger partial charge in [0.05, 0.1) is 0 Å². The fourth-order valence-corrected chi connectivity index (χ4v) is 2.02. The molecule has 0 aliphatic carbocycles. The first-order valence-corrected chi connectivity index (χ1v) is 6.13. The summed E-state index contributed by atoms with van der Waals surface area (Å²) >= 11 is 0. The number of aryl methyl sites for hydroxylation is 1. The Bertz CT molecular complexity index is 450. The number of hydrogen-bond acceptors (Lipinski definition) is 2. The third-order valence-electron chi connectivity index (χ3n) is 2.69. The van der Waals surface area contributed by atoms with Gasteiger partial charge in [0.15, 0.2) is 0 Å². The highest BCUT2D eigenvalue weighted by Gasteiger charge is 2.06. The molecule has 3 heteroatoms. The smallest absolute Gasteiger partial charge is 0.328 e. The second-order valence-electron chi connectivity index (χ2n) is 4.99. The molecule has 0 unspecified atom stereocenters. The maximum Gasteiger partial charge on any atom is 0.328 e. The lowest BCUT2D eigenvalue weighted by atomic mass is 10.1. The van der Waals surface area contributed by atoms with Crippen LogP contribution in [0.15, 0.2) is 24.3 Å².